The molecule has 8 nitrogen and oxygen atoms in total. The fraction of sp³-hybridized carbons (Fsp3) is 0.273. The van der Waals surface area contributed by atoms with Crippen molar-refractivity contribution in [3.05, 3.63) is 24.0 Å². The van der Waals surface area contributed by atoms with Crippen LogP contribution in [0.15, 0.2) is 28.1 Å². The standard InChI is InChI=1S/C11H12FN3O5S/c1-5(16)9(10(17)18)14-11-13-7-3-2-6(12)4-8(7)21(19,20)15-11/h2-5,9,16H,1H3,(H,17,18)(H2,13,14,15). The van der Waals surface area contributed by atoms with Gasteiger partial charge in [-0.3, -0.25) is 0 Å². The Kier molecular flexibility index (Phi) is 3.83. The number of nitrogens with one attached hydrogen (secondary N) is 2. The Morgan fingerprint density at radius 3 is 2.67 bits per heavy atom. The minimum atomic E-state index is -4.07. The number of carboxylic acids is 1. The quantitative estimate of drug-likeness (QED) is 0.607. The van der Waals surface area contributed by atoms with Crippen LogP contribution >= 0.6 is 0 Å². The number of aliphatic imine (C=N–C) groups is 1. The molecule has 114 valence electrons. The van der Waals surface area contributed by atoms with E-state index >= 15 is 0 Å². The monoisotopic (exact) mass is 317 g/mol. The highest BCUT2D eigenvalue weighted by molar-refractivity contribution is 7.90. The number of aliphatic hydroxyl groups excluding tert-OH is 1. The van der Waals surface area contributed by atoms with Gasteiger partial charge >= 0.3 is 5.97 Å². The second-order valence-corrected chi connectivity index (χ2v) is 6.02. The zero-order chi connectivity index (χ0) is 15.8. The second-order valence-electron chi connectivity index (χ2n) is 4.37. The third kappa shape index (κ3) is 3.11. The van der Waals surface area contributed by atoms with Crippen LogP contribution in [0.2, 0.25) is 0 Å². The molecular formula is C11H12FN3O5S. The average molecular weight is 317 g/mol. The normalized spacial score (nSPS) is 20.8. The highest BCUT2D eigenvalue weighted by Crippen LogP contribution is 2.25. The van der Waals surface area contributed by atoms with Crippen LogP contribution in [0.25, 0.3) is 0 Å². The molecule has 0 saturated carbocycles. The first kappa shape index (κ1) is 15.2. The van der Waals surface area contributed by atoms with Crippen LogP contribution in [0.3, 0.4) is 0 Å². The molecule has 1 aliphatic heterocycles. The number of sulfonamides is 1. The molecule has 0 saturated heterocycles. The number of nitrogens with zero attached hydrogens (tertiary/aromatic N) is 1. The highest BCUT2D eigenvalue weighted by atomic mass is 32.2. The Labute approximate surface area is 119 Å². The molecule has 1 aliphatic rings. The summed E-state index contributed by atoms with van der Waals surface area (Å²) in [4.78, 5) is 14.3. The van der Waals surface area contributed by atoms with Crippen molar-refractivity contribution in [3.63, 3.8) is 0 Å². The van der Waals surface area contributed by atoms with E-state index in [4.69, 9.17) is 5.11 Å². The number of hydrogen-bond acceptors (Lipinski definition) is 5. The van der Waals surface area contributed by atoms with Gasteiger partial charge in [0.05, 0.1) is 11.8 Å². The van der Waals surface area contributed by atoms with E-state index in [9.17, 15) is 22.7 Å². The molecule has 1 aromatic rings. The predicted molar refractivity (Wildman–Crippen MR) is 70.9 cm³/mol. The van der Waals surface area contributed by atoms with E-state index in [0.29, 0.717) is 0 Å². The summed E-state index contributed by atoms with van der Waals surface area (Å²) in [5, 5.41) is 20.8. The van der Waals surface area contributed by atoms with Crippen molar-refractivity contribution >= 4 is 27.6 Å². The zero-order valence-corrected chi connectivity index (χ0v) is 11.6. The molecular weight excluding hydrogens is 305 g/mol. The summed E-state index contributed by atoms with van der Waals surface area (Å²) in [5.41, 5.74) is 0.0589. The number of guanidine groups is 1. The van der Waals surface area contributed by atoms with Crippen molar-refractivity contribution in [2.45, 2.75) is 24.0 Å². The van der Waals surface area contributed by atoms with Gasteiger partial charge in [0, 0.05) is 0 Å². The van der Waals surface area contributed by atoms with Gasteiger partial charge in [-0.1, -0.05) is 0 Å². The Hall–Kier alpha value is -2.20. The maximum Gasteiger partial charge on any atom is 0.331 e. The topological polar surface area (TPSA) is 128 Å². The van der Waals surface area contributed by atoms with Gasteiger partial charge in [0.2, 0.25) is 5.96 Å². The van der Waals surface area contributed by atoms with Gasteiger partial charge < -0.3 is 15.5 Å². The molecule has 0 spiro atoms. The van der Waals surface area contributed by atoms with E-state index in [1.807, 2.05) is 4.72 Å². The number of hydrogen-bond donors (Lipinski definition) is 4. The molecule has 0 radical (unpaired) electrons. The van der Waals surface area contributed by atoms with Gasteiger partial charge in [-0.05, 0) is 25.1 Å². The molecule has 0 bridgehead atoms. The Morgan fingerprint density at radius 2 is 2.10 bits per heavy atom. The molecule has 21 heavy (non-hydrogen) atoms. The lowest BCUT2D eigenvalue weighted by molar-refractivity contribution is -0.140. The zero-order valence-electron chi connectivity index (χ0n) is 10.7. The lowest BCUT2D eigenvalue weighted by atomic mass is 10.2. The number of aliphatic carboxylic acids is 1. The van der Waals surface area contributed by atoms with Crippen molar-refractivity contribution in [3.8, 4) is 0 Å². The summed E-state index contributed by atoms with van der Waals surface area (Å²) in [6.45, 7) is 1.21. The van der Waals surface area contributed by atoms with E-state index < -0.39 is 34.0 Å². The summed E-state index contributed by atoms with van der Waals surface area (Å²) < 4.78 is 39.0. The van der Waals surface area contributed by atoms with Crippen molar-refractivity contribution in [1.29, 1.82) is 0 Å². The van der Waals surface area contributed by atoms with Gasteiger partial charge in [-0.25, -0.2) is 27.3 Å². The summed E-state index contributed by atoms with van der Waals surface area (Å²) in [6, 6.07) is 1.52. The van der Waals surface area contributed by atoms with Crippen LogP contribution in [0, 0.1) is 5.82 Å². The molecule has 0 aliphatic carbocycles. The number of carboxylic acid groups (broad SMARTS) is 1. The molecule has 1 aromatic carbocycles. The van der Waals surface area contributed by atoms with Crippen LogP contribution in [0.5, 0.6) is 0 Å². The first-order chi connectivity index (χ1) is 9.70. The lowest BCUT2D eigenvalue weighted by Gasteiger charge is -2.22. The average Bonchev–Trinajstić information content (AvgIpc) is 2.35. The SMILES string of the molecule is CC(O)C(N=C1Nc2ccc(F)cc2S(=O)(=O)N1)C(=O)O. The number of halogens is 1. The molecule has 2 unspecified atom stereocenters. The maximum atomic E-state index is 13.1. The van der Waals surface area contributed by atoms with E-state index in [0.717, 1.165) is 12.1 Å². The number of carbonyl (C=O) groups is 1. The van der Waals surface area contributed by atoms with Crippen molar-refractivity contribution in [2.75, 3.05) is 5.32 Å². The minimum absolute atomic E-state index is 0.0589. The van der Waals surface area contributed by atoms with Gasteiger partial charge in [0.15, 0.2) is 6.04 Å². The van der Waals surface area contributed by atoms with Gasteiger partial charge in [0.1, 0.15) is 10.7 Å². The van der Waals surface area contributed by atoms with E-state index in [1.54, 1.807) is 0 Å². The van der Waals surface area contributed by atoms with Gasteiger partial charge in [-0.2, -0.15) is 0 Å². The third-order valence-electron chi connectivity index (χ3n) is 2.70. The molecule has 0 amide bonds. The van der Waals surface area contributed by atoms with Crippen molar-refractivity contribution in [1.82, 2.24) is 4.72 Å². The molecule has 2 atom stereocenters. The van der Waals surface area contributed by atoms with Crippen molar-refractivity contribution in [2.24, 2.45) is 4.99 Å². The molecule has 10 heteroatoms. The van der Waals surface area contributed by atoms with E-state index in [2.05, 4.69) is 10.3 Å². The summed E-state index contributed by atoms with van der Waals surface area (Å²) in [7, 11) is -4.07. The fourth-order valence-corrected chi connectivity index (χ4v) is 2.87. The predicted octanol–water partition coefficient (Wildman–Crippen LogP) is -0.281. The number of benzene rings is 1. The Balaban J connectivity index is 2.44. The maximum absolute atomic E-state index is 13.1. The Bertz CT molecular complexity index is 717. The molecule has 0 fully saturated rings. The fourth-order valence-electron chi connectivity index (χ4n) is 1.72. The third-order valence-corrected chi connectivity index (χ3v) is 4.07. The van der Waals surface area contributed by atoms with Gasteiger partial charge in [0.25, 0.3) is 10.0 Å². The number of rotatable bonds is 3. The van der Waals surface area contributed by atoms with Gasteiger partial charge in [-0.15, -0.1) is 0 Å². The van der Waals surface area contributed by atoms with Crippen molar-refractivity contribution < 1.29 is 27.8 Å². The van der Waals surface area contributed by atoms with Crippen LogP contribution in [-0.4, -0.2) is 42.7 Å². The first-order valence-electron chi connectivity index (χ1n) is 5.79. The summed E-state index contributed by atoms with van der Waals surface area (Å²) in [5.74, 6) is -2.50. The van der Waals surface area contributed by atoms with E-state index in [-0.39, 0.29) is 16.5 Å². The molecule has 1 heterocycles. The Morgan fingerprint density at radius 1 is 1.43 bits per heavy atom. The number of fused-ring (bicyclic) bond motifs is 1. The lowest BCUT2D eigenvalue weighted by Crippen LogP contribution is -2.43. The van der Waals surface area contributed by atoms with Crippen LogP contribution in [0.4, 0.5) is 10.1 Å². The summed E-state index contributed by atoms with van der Waals surface area (Å²) in [6.07, 6.45) is -1.32. The summed E-state index contributed by atoms with van der Waals surface area (Å²) >= 11 is 0. The number of anilines is 1. The smallest absolute Gasteiger partial charge is 0.331 e. The minimum Gasteiger partial charge on any atom is -0.480 e. The van der Waals surface area contributed by atoms with E-state index in [1.165, 1.54) is 13.0 Å². The molecule has 2 rings (SSSR count). The molecule has 0 aromatic heterocycles. The second kappa shape index (κ2) is 5.30. The largest absolute Gasteiger partial charge is 0.480 e. The highest BCUT2D eigenvalue weighted by Gasteiger charge is 2.30. The molecule has 4 N–H and O–H groups in total. The van der Waals surface area contributed by atoms with Crippen LogP contribution in [0.1, 0.15) is 6.92 Å². The first-order valence-corrected chi connectivity index (χ1v) is 7.27. The van der Waals surface area contributed by atoms with Crippen LogP contribution in [-0.2, 0) is 14.8 Å². The number of aliphatic hydroxyl groups is 1. The van der Waals surface area contributed by atoms with Crippen LogP contribution < -0.4 is 10.0 Å².